The number of thiazole rings is 1. The zero-order valence-electron chi connectivity index (χ0n) is 21.2. The molecule has 0 unspecified atom stereocenters. The van der Waals surface area contributed by atoms with E-state index in [1.807, 2.05) is 0 Å². The molecule has 2 amide bonds. The average molecular weight is 580 g/mol. The highest BCUT2D eigenvalue weighted by Crippen LogP contribution is 2.36. The van der Waals surface area contributed by atoms with Gasteiger partial charge in [0.25, 0.3) is 18.2 Å². The van der Waals surface area contributed by atoms with Gasteiger partial charge in [0.1, 0.15) is 5.75 Å². The normalized spacial score (nSPS) is 12.3. The number of anilines is 1. The van der Waals surface area contributed by atoms with Crippen molar-refractivity contribution in [3.63, 3.8) is 0 Å². The molecule has 12 heteroatoms. The van der Waals surface area contributed by atoms with E-state index in [4.69, 9.17) is 16.3 Å². The number of benzene rings is 2. The van der Waals surface area contributed by atoms with Crippen molar-refractivity contribution in [3.8, 4) is 22.9 Å². The van der Waals surface area contributed by atoms with Crippen LogP contribution < -0.4 is 10.1 Å². The fourth-order valence-corrected chi connectivity index (χ4v) is 5.62. The number of rotatable bonds is 6. The average Bonchev–Trinajstić information content (AvgIpc) is 3.51. The third kappa shape index (κ3) is 5.23. The lowest BCUT2D eigenvalue weighted by molar-refractivity contribution is 0.0750. The summed E-state index contributed by atoms with van der Waals surface area (Å²) in [4.78, 5) is 37.4. The van der Waals surface area contributed by atoms with E-state index in [1.54, 1.807) is 31.2 Å². The molecule has 3 heterocycles. The number of aromatic nitrogens is 2. The Kier molecular flexibility index (Phi) is 7.47. The van der Waals surface area contributed by atoms with Gasteiger partial charge in [-0.3, -0.25) is 19.9 Å². The number of nitrogens with one attached hydrogen (secondary N) is 1. The summed E-state index contributed by atoms with van der Waals surface area (Å²) in [6.07, 6.45) is -1.22. The third-order valence-electron chi connectivity index (χ3n) is 6.34. The molecule has 0 radical (unpaired) electrons. The Morgan fingerprint density at radius 3 is 2.62 bits per heavy atom. The first-order valence-corrected chi connectivity index (χ1v) is 13.1. The number of nitrogens with zero attached hydrogens (tertiary/aromatic N) is 4. The lowest BCUT2D eigenvalue weighted by atomic mass is 9.97. The van der Waals surface area contributed by atoms with Crippen LogP contribution in [-0.4, -0.2) is 33.8 Å². The van der Waals surface area contributed by atoms with Crippen LogP contribution in [0.5, 0.6) is 5.75 Å². The number of halogens is 3. The first-order chi connectivity index (χ1) is 19.2. The molecule has 0 spiro atoms. The van der Waals surface area contributed by atoms with Gasteiger partial charge in [0, 0.05) is 28.6 Å². The Labute approximate surface area is 236 Å². The second-order valence-corrected chi connectivity index (χ2v) is 10.4. The summed E-state index contributed by atoms with van der Waals surface area (Å²) < 4.78 is 31.3. The highest BCUT2D eigenvalue weighted by Gasteiger charge is 2.30. The van der Waals surface area contributed by atoms with Crippen LogP contribution in [0.1, 0.15) is 54.5 Å². The molecule has 2 aromatic heterocycles. The molecule has 0 bridgehead atoms. The van der Waals surface area contributed by atoms with Crippen molar-refractivity contribution in [3.05, 3.63) is 92.2 Å². The molecule has 0 atom stereocenters. The highest BCUT2D eigenvalue weighted by atomic mass is 35.5. The van der Waals surface area contributed by atoms with E-state index in [2.05, 4.69) is 21.4 Å². The smallest absolute Gasteiger partial charge is 0.263 e. The summed E-state index contributed by atoms with van der Waals surface area (Å²) in [5.41, 5.74) is 2.99. The lowest BCUT2D eigenvalue weighted by Crippen LogP contribution is -2.26. The molecule has 1 aliphatic rings. The van der Waals surface area contributed by atoms with Gasteiger partial charge >= 0.3 is 0 Å². The summed E-state index contributed by atoms with van der Waals surface area (Å²) in [6.45, 7) is 2.22. The van der Waals surface area contributed by atoms with Gasteiger partial charge in [-0.1, -0.05) is 29.0 Å². The summed E-state index contributed by atoms with van der Waals surface area (Å²) in [7, 11) is 1.51. The number of ether oxygens (including phenoxy) is 1. The van der Waals surface area contributed by atoms with E-state index in [0.29, 0.717) is 39.0 Å². The molecule has 2 aromatic carbocycles. The van der Waals surface area contributed by atoms with Gasteiger partial charge in [0.05, 0.1) is 58.6 Å². The second kappa shape index (κ2) is 11.0. The van der Waals surface area contributed by atoms with Crippen LogP contribution >= 0.6 is 22.9 Å². The van der Waals surface area contributed by atoms with Crippen molar-refractivity contribution in [1.82, 2.24) is 14.9 Å². The minimum absolute atomic E-state index is 0.0431. The first kappa shape index (κ1) is 27.2. The van der Waals surface area contributed by atoms with E-state index in [1.165, 1.54) is 41.7 Å². The Morgan fingerprint density at radius 1 is 1.15 bits per heavy atom. The van der Waals surface area contributed by atoms with Gasteiger partial charge < -0.3 is 9.64 Å². The minimum atomic E-state index is -2.69. The lowest BCUT2D eigenvalue weighted by Gasteiger charge is -2.17. The van der Waals surface area contributed by atoms with E-state index < -0.39 is 18.2 Å². The maximum Gasteiger partial charge on any atom is 0.263 e. The predicted octanol–water partition coefficient (Wildman–Crippen LogP) is 6.39. The van der Waals surface area contributed by atoms with Crippen molar-refractivity contribution in [2.24, 2.45) is 0 Å². The fraction of sp³-hybridized carbons (Fsp3) is 0.179. The number of hydrogen-bond acceptors (Lipinski definition) is 7. The SMILES string of the molecule is COc1ccc(C#N)cc1-c1cc(C)ncc1C(=O)Nc1nc2c(s1)CN(C(=O)c1ccc(C(F)F)cc1Cl)C2. The summed E-state index contributed by atoms with van der Waals surface area (Å²) in [6, 6.07) is 12.4. The first-order valence-electron chi connectivity index (χ1n) is 11.9. The maximum absolute atomic E-state index is 13.3. The minimum Gasteiger partial charge on any atom is -0.496 e. The number of pyridine rings is 1. The number of nitriles is 1. The van der Waals surface area contributed by atoms with Crippen LogP contribution in [0, 0.1) is 18.3 Å². The van der Waals surface area contributed by atoms with Crippen LogP contribution in [0.15, 0.2) is 48.7 Å². The van der Waals surface area contributed by atoms with Crippen LogP contribution in [-0.2, 0) is 13.1 Å². The number of amides is 2. The molecule has 202 valence electrons. The number of carbonyl (C=O) groups excluding carboxylic acids is 2. The molecule has 5 rings (SSSR count). The Balaban J connectivity index is 1.35. The monoisotopic (exact) mass is 579 g/mol. The highest BCUT2D eigenvalue weighted by molar-refractivity contribution is 7.16. The molecular weight excluding hydrogens is 560 g/mol. The van der Waals surface area contributed by atoms with Crippen LogP contribution in [0.2, 0.25) is 5.02 Å². The Bertz CT molecular complexity index is 1680. The van der Waals surface area contributed by atoms with E-state index >= 15 is 0 Å². The quantitative estimate of drug-likeness (QED) is 0.283. The van der Waals surface area contributed by atoms with Crippen molar-refractivity contribution in [1.29, 1.82) is 5.26 Å². The number of alkyl halides is 2. The van der Waals surface area contributed by atoms with Crippen LogP contribution in [0.3, 0.4) is 0 Å². The molecule has 0 saturated heterocycles. The zero-order chi connectivity index (χ0) is 28.6. The predicted molar refractivity (Wildman–Crippen MR) is 146 cm³/mol. The largest absolute Gasteiger partial charge is 0.496 e. The van der Waals surface area contributed by atoms with Gasteiger partial charge in [-0.2, -0.15) is 5.26 Å². The van der Waals surface area contributed by atoms with E-state index in [0.717, 1.165) is 10.9 Å². The summed E-state index contributed by atoms with van der Waals surface area (Å²) in [5.74, 6) is -0.343. The van der Waals surface area contributed by atoms with Gasteiger partial charge in [-0.05, 0) is 43.3 Å². The van der Waals surface area contributed by atoms with Crippen molar-refractivity contribution >= 4 is 39.9 Å². The fourth-order valence-electron chi connectivity index (χ4n) is 4.36. The molecule has 0 saturated carbocycles. The van der Waals surface area contributed by atoms with Gasteiger partial charge in [0.2, 0.25) is 0 Å². The number of fused-ring (bicyclic) bond motifs is 1. The molecule has 0 aliphatic carbocycles. The van der Waals surface area contributed by atoms with Gasteiger partial charge in [0.15, 0.2) is 5.13 Å². The maximum atomic E-state index is 13.3. The molecule has 40 heavy (non-hydrogen) atoms. The Morgan fingerprint density at radius 2 is 1.95 bits per heavy atom. The summed E-state index contributed by atoms with van der Waals surface area (Å²) >= 11 is 7.34. The van der Waals surface area contributed by atoms with Gasteiger partial charge in [-0.25, -0.2) is 13.8 Å². The van der Waals surface area contributed by atoms with Crippen molar-refractivity contribution < 1.29 is 23.1 Å². The second-order valence-electron chi connectivity index (χ2n) is 8.94. The zero-order valence-corrected chi connectivity index (χ0v) is 22.7. The topological polar surface area (TPSA) is 108 Å². The van der Waals surface area contributed by atoms with E-state index in [9.17, 15) is 23.6 Å². The van der Waals surface area contributed by atoms with Crippen molar-refractivity contribution in [2.75, 3.05) is 12.4 Å². The van der Waals surface area contributed by atoms with Crippen molar-refractivity contribution in [2.45, 2.75) is 26.4 Å². The molecule has 4 aromatic rings. The Hall–Kier alpha value is -4.40. The van der Waals surface area contributed by atoms with Crippen LogP contribution in [0.25, 0.3) is 11.1 Å². The third-order valence-corrected chi connectivity index (χ3v) is 7.65. The number of methoxy groups -OCH3 is 1. The van der Waals surface area contributed by atoms with Crippen LogP contribution in [0.4, 0.5) is 13.9 Å². The molecule has 8 nitrogen and oxygen atoms in total. The molecule has 1 aliphatic heterocycles. The number of hydrogen-bond donors (Lipinski definition) is 1. The van der Waals surface area contributed by atoms with E-state index in [-0.39, 0.29) is 34.8 Å². The number of aryl methyl sites for hydroxylation is 1. The number of carbonyl (C=O) groups is 2. The molecule has 0 fully saturated rings. The molecule has 1 N–H and O–H groups in total. The molecular formula is C28H20ClF2N5O3S. The summed E-state index contributed by atoms with van der Waals surface area (Å²) in [5, 5.41) is 12.5. The van der Waals surface area contributed by atoms with Gasteiger partial charge in [-0.15, -0.1) is 0 Å². The standard InChI is InChI=1S/C28H20ClF2N5O3S/c1-14-7-18(19-8-15(10-32)3-6-23(19)39-2)20(11-33-14)26(37)35-28-34-22-12-36(13-24(22)40-28)27(38)17-5-4-16(25(30)31)9-21(17)29/h3-9,11,25H,12-13H2,1-2H3,(H,34,35,37).